The lowest BCUT2D eigenvalue weighted by Gasteiger charge is -2.20. The van der Waals surface area contributed by atoms with Crippen molar-refractivity contribution in [2.24, 2.45) is 0 Å². The summed E-state index contributed by atoms with van der Waals surface area (Å²) in [4.78, 5) is 19.9. The smallest absolute Gasteiger partial charge is 0.227 e. The van der Waals surface area contributed by atoms with Gasteiger partial charge in [0.2, 0.25) is 5.91 Å². The van der Waals surface area contributed by atoms with Gasteiger partial charge in [-0.15, -0.1) is 0 Å². The van der Waals surface area contributed by atoms with Crippen molar-refractivity contribution in [1.29, 1.82) is 0 Å². The normalized spacial score (nSPS) is 16.5. The number of para-hydroxylation sites is 5. The van der Waals surface area contributed by atoms with E-state index in [1.807, 2.05) is 53.4 Å². The summed E-state index contributed by atoms with van der Waals surface area (Å²) in [6.45, 7) is 6.18. The van der Waals surface area contributed by atoms with Crippen molar-refractivity contribution in [2.75, 3.05) is 25.2 Å². The largest absolute Gasteiger partial charge is 0.495 e. The molecule has 0 bridgehead atoms. The van der Waals surface area contributed by atoms with Crippen LogP contribution in [0.3, 0.4) is 0 Å². The first-order valence-electron chi connectivity index (χ1n) is 12.7. The molecule has 0 N–H and O–H groups in total. The Morgan fingerprint density at radius 3 is 2.53 bits per heavy atom. The van der Waals surface area contributed by atoms with Crippen LogP contribution in [0.15, 0.2) is 72.8 Å². The quantitative estimate of drug-likeness (QED) is 0.286. The highest BCUT2D eigenvalue weighted by Crippen LogP contribution is 2.37. The topological polar surface area (TPSA) is 56.6 Å². The zero-order chi connectivity index (χ0) is 25.1. The summed E-state index contributed by atoms with van der Waals surface area (Å²) in [5.41, 5.74) is 4.05. The summed E-state index contributed by atoms with van der Waals surface area (Å²) in [7, 11) is 1.63. The average molecular weight is 484 g/mol. The molecular weight excluding hydrogens is 450 g/mol. The number of ether oxygens (including phenoxy) is 2. The molecule has 6 heteroatoms. The van der Waals surface area contributed by atoms with E-state index >= 15 is 0 Å². The molecule has 1 fully saturated rings. The molecule has 4 aromatic rings. The maximum absolute atomic E-state index is 13.1. The van der Waals surface area contributed by atoms with E-state index in [1.54, 1.807) is 7.11 Å². The monoisotopic (exact) mass is 483 g/mol. The van der Waals surface area contributed by atoms with E-state index in [4.69, 9.17) is 14.5 Å². The predicted molar refractivity (Wildman–Crippen MR) is 143 cm³/mol. The molecule has 0 aliphatic carbocycles. The molecule has 0 radical (unpaired) electrons. The Morgan fingerprint density at radius 2 is 1.72 bits per heavy atom. The van der Waals surface area contributed by atoms with Crippen molar-refractivity contribution in [1.82, 2.24) is 9.55 Å². The summed E-state index contributed by atoms with van der Waals surface area (Å²) in [6, 6.07) is 24.1. The van der Waals surface area contributed by atoms with Crippen LogP contribution in [-0.2, 0) is 11.3 Å². The molecule has 0 saturated carbocycles. The molecule has 1 aliphatic heterocycles. The standard InChI is InChI=1S/C30H33N3O3/c1-4-21(2)23-11-5-9-15-27(23)36-18-17-32-25-13-7-6-12-24(25)31-30(32)22-19-29(34)33(20-22)26-14-8-10-16-28(26)35-3/h5-16,21-22H,4,17-20H2,1-3H3/t21-,22-/m0/s1. The molecule has 3 aromatic carbocycles. The molecule has 36 heavy (non-hydrogen) atoms. The third-order valence-electron chi connectivity index (χ3n) is 7.18. The van der Waals surface area contributed by atoms with Crippen molar-refractivity contribution in [3.8, 4) is 11.5 Å². The summed E-state index contributed by atoms with van der Waals surface area (Å²) in [5.74, 6) is 3.09. The fourth-order valence-electron chi connectivity index (χ4n) is 5.09. The number of carbonyl (C=O) groups is 1. The molecule has 2 atom stereocenters. The maximum Gasteiger partial charge on any atom is 0.227 e. The van der Waals surface area contributed by atoms with Crippen LogP contribution in [0.4, 0.5) is 5.69 Å². The van der Waals surface area contributed by atoms with Crippen molar-refractivity contribution in [2.45, 2.75) is 45.1 Å². The first kappa shape index (κ1) is 23.9. The Balaban J connectivity index is 1.40. The van der Waals surface area contributed by atoms with Gasteiger partial charge in [0.05, 0.1) is 30.4 Å². The van der Waals surface area contributed by atoms with Gasteiger partial charge in [0, 0.05) is 18.9 Å². The zero-order valence-corrected chi connectivity index (χ0v) is 21.2. The summed E-state index contributed by atoms with van der Waals surface area (Å²) in [6.07, 6.45) is 1.48. The molecule has 0 spiro atoms. The number of aromatic nitrogens is 2. The van der Waals surface area contributed by atoms with Gasteiger partial charge in [-0.3, -0.25) is 4.79 Å². The first-order valence-corrected chi connectivity index (χ1v) is 12.7. The number of nitrogens with zero attached hydrogens (tertiary/aromatic N) is 3. The van der Waals surface area contributed by atoms with E-state index in [-0.39, 0.29) is 11.8 Å². The molecule has 2 heterocycles. The van der Waals surface area contributed by atoms with Gasteiger partial charge in [0.15, 0.2) is 0 Å². The predicted octanol–water partition coefficient (Wildman–Crippen LogP) is 6.16. The van der Waals surface area contributed by atoms with Gasteiger partial charge in [0.1, 0.15) is 23.9 Å². The van der Waals surface area contributed by atoms with Gasteiger partial charge in [-0.05, 0) is 48.2 Å². The van der Waals surface area contributed by atoms with Crippen LogP contribution in [0, 0.1) is 0 Å². The molecule has 5 rings (SSSR count). The Labute approximate surface area is 212 Å². The first-order chi connectivity index (χ1) is 17.6. The van der Waals surface area contributed by atoms with Gasteiger partial charge >= 0.3 is 0 Å². The molecule has 0 unspecified atom stereocenters. The van der Waals surface area contributed by atoms with E-state index in [1.165, 1.54) is 5.56 Å². The number of hydrogen-bond donors (Lipinski definition) is 0. The van der Waals surface area contributed by atoms with Crippen molar-refractivity contribution >= 4 is 22.6 Å². The number of methoxy groups -OCH3 is 1. The number of rotatable bonds is 9. The number of amides is 1. The third-order valence-corrected chi connectivity index (χ3v) is 7.18. The van der Waals surface area contributed by atoms with Crippen molar-refractivity contribution in [3.63, 3.8) is 0 Å². The van der Waals surface area contributed by atoms with E-state index < -0.39 is 0 Å². The van der Waals surface area contributed by atoms with E-state index in [2.05, 4.69) is 42.7 Å². The SMILES string of the molecule is CC[C@H](C)c1ccccc1OCCn1c([C@H]2CC(=O)N(c3ccccc3OC)C2)nc2ccccc21. The Kier molecular flexibility index (Phi) is 6.94. The molecule has 1 aromatic heterocycles. The number of fused-ring (bicyclic) bond motifs is 1. The minimum Gasteiger partial charge on any atom is -0.495 e. The second-order valence-electron chi connectivity index (χ2n) is 9.38. The number of benzene rings is 3. The Bertz CT molecular complexity index is 1360. The summed E-state index contributed by atoms with van der Waals surface area (Å²) in [5, 5.41) is 0. The van der Waals surface area contributed by atoms with Crippen molar-refractivity contribution in [3.05, 3.63) is 84.2 Å². The highest BCUT2D eigenvalue weighted by atomic mass is 16.5. The number of anilines is 1. The van der Waals surface area contributed by atoms with Gasteiger partial charge in [0.25, 0.3) is 0 Å². The number of carbonyl (C=O) groups excluding carboxylic acids is 1. The van der Waals surface area contributed by atoms with Gasteiger partial charge in [-0.1, -0.05) is 56.3 Å². The zero-order valence-electron chi connectivity index (χ0n) is 21.2. The maximum atomic E-state index is 13.1. The van der Waals surface area contributed by atoms with Crippen LogP contribution in [-0.4, -0.2) is 35.7 Å². The lowest BCUT2D eigenvalue weighted by molar-refractivity contribution is -0.117. The minimum absolute atomic E-state index is 0.0118. The van der Waals surface area contributed by atoms with E-state index in [9.17, 15) is 4.79 Å². The van der Waals surface area contributed by atoms with Gasteiger partial charge in [-0.2, -0.15) is 0 Å². The lowest BCUT2D eigenvalue weighted by Crippen LogP contribution is -2.25. The van der Waals surface area contributed by atoms with Gasteiger partial charge in [-0.25, -0.2) is 4.98 Å². The molecule has 6 nitrogen and oxygen atoms in total. The van der Waals surface area contributed by atoms with E-state index in [0.717, 1.165) is 34.7 Å². The number of hydrogen-bond acceptors (Lipinski definition) is 4. The fraction of sp³-hybridized carbons (Fsp3) is 0.333. The minimum atomic E-state index is -0.0118. The second-order valence-corrected chi connectivity index (χ2v) is 9.38. The summed E-state index contributed by atoms with van der Waals surface area (Å²) < 4.78 is 14.0. The highest BCUT2D eigenvalue weighted by molar-refractivity contribution is 5.97. The fourth-order valence-corrected chi connectivity index (χ4v) is 5.09. The Hall–Kier alpha value is -3.80. The molecule has 1 amide bonds. The third kappa shape index (κ3) is 4.55. The van der Waals surface area contributed by atoms with Crippen LogP contribution in [0.25, 0.3) is 11.0 Å². The van der Waals surface area contributed by atoms with Crippen LogP contribution in [0.1, 0.15) is 49.9 Å². The highest BCUT2D eigenvalue weighted by Gasteiger charge is 2.36. The van der Waals surface area contributed by atoms with Crippen LogP contribution in [0.5, 0.6) is 11.5 Å². The number of imidazole rings is 1. The molecule has 186 valence electrons. The Morgan fingerprint density at radius 1 is 1.00 bits per heavy atom. The lowest BCUT2D eigenvalue weighted by atomic mass is 9.98. The molecule has 1 aliphatic rings. The van der Waals surface area contributed by atoms with Crippen LogP contribution >= 0.6 is 0 Å². The van der Waals surface area contributed by atoms with E-state index in [0.29, 0.717) is 37.8 Å². The average Bonchev–Trinajstić information content (AvgIpc) is 3.48. The summed E-state index contributed by atoms with van der Waals surface area (Å²) >= 11 is 0. The second kappa shape index (κ2) is 10.4. The molecular formula is C30H33N3O3. The van der Waals surface area contributed by atoms with Crippen LogP contribution in [0.2, 0.25) is 0 Å². The van der Waals surface area contributed by atoms with Crippen LogP contribution < -0.4 is 14.4 Å². The molecule has 1 saturated heterocycles. The van der Waals surface area contributed by atoms with Gasteiger partial charge < -0.3 is 18.9 Å². The van der Waals surface area contributed by atoms with Crippen molar-refractivity contribution < 1.29 is 14.3 Å².